The summed E-state index contributed by atoms with van der Waals surface area (Å²) in [7, 11) is 1.31. The fraction of sp³-hybridized carbons (Fsp3) is 0.444. The van der Waals surface area contributed by atoms with Crippen LogP contribution in [0.1, 0.15) is 51.8 Å². The molecule has 1 aliphatic heterocycles. The maximum atomic E-state index is 11.7. The second kappa shape index (κ2) is 6.65. The number of phenolic OH excluding ortho intramolecular Hbond substituents is 1. The second-order valence-corrected chi connectivity index (χ2v) is 6.21. The van der Waals surface area contributed by atoms with Crippen molar-refractivity contribution in [2.45, 2.75) is 39.3 Å². The van der Waals surface area contributed by atoms with Crippen molar-refractivity contribution in [3.63, 3.8) is 0 Å². The third-order valence-electron chi connectivity index (χ3n) is 4.64. The molecule has 0 spiro atoms. The molecule has 0 amide bonds. The van der Waals surface area contributed by atoms with E-state index in [2.05, 4.69) is 10.1 Å². The van der Waals surface area contributed by atoms with Gasteiger partial charge in [0.25, 0.3) is 0 Å². The summed E-state index contributed by atoms with van der Waals surface area (Å²) < 4.78 is 10.0. The molecule has 1 saturated heterocycles. The van der Waals surface area contributed by atoms with Crippen molar-refractivity contribution < 1.29 is 19.2 Å². The van der Waals surface area contributed by atoms with E-state index in [9.17, 15) is 9.90 Å². The van der Waals surface area contributed by atoms with Gasteiger partial charge in [0.1, 0.15) is 17.1 Å². The van der Waals surface area contributed by atoms with Crippen molar-refractivity contribution in [2.24, 2.45) is 0 Å². The van der Waals surface area contributed by atoms with Gasteiger partial charge >= 0.3 is 5.97 Å². The van der Waals surface area contributed by atoms with Gasteiger partial charge < -0.3 is 14.4 Å². The standard InChI is InChI=1S/C18H22N2O4/c1-11-17(12(2)24-19-11)15-5-4-8-20(15)10-13-6-7-16(21)14(9-13)18(22)23-3/h6-7,9,15,21H,4-5,8,10H2,1-3H3. The molecule has 1 atom stereocenters. The van der Waals surface area contributed by atoms with Gasteiger partial charge in [-0.05, 0) is 50.9 Å². The van der Waals surface area contributed by atoms with Crippen LogP contribution in [0.25, 0.3) is 0 Å². The van der Waals surface area contributed by atoms with Gasteiger partial charge in [-0.1, -0.05) is 11.2 Å². The molecule has 1 N–H and O–H groups in total. The van der Waals surface area contributed by atoms with Gasteiger partial charge in [-0.15, -0.1) is 0 Å². The van der Waals surface area contributed by atoms with Crippen molar-refractivity contribution in [3.05, 3.63) is 46.3 Å². The van der Waals surface area contributed by atoms with E-state index in [1.165, 1.54) is 12.7 Å². The van der Waals surface area contributed by atoms with Crippen LogP contribution in [0, 0.1) is 13.8 Å². The molecule has 2 aromatic rings. The minimum Gasteiger partial charge on any atom is -0.507 e. The van der Waals surface area contributed by atoms with Crippen LogP contribution >= 0.6 is 0 Å². The number of aromatic hydroxyl groups is 1. The van der Waals surface area contributed by atoms with Gasteiger partial charge in [0.15, 0.2) is 0 Å². The number of nitrogens with zero attached hydrogens (tertiary/aromatic N) is 2. The second-order valence-electron chi connectivity index (χ2n) is 6.21. The van der Waals surface area contributed by atoms with Crippen LogP contribution in [-0.2, 0) is 11.3 Å². The smallest absolute Gasteiger partial charge is 0.341 e. The van der Waals surface area contributed by atoms with Crippen molar-refractivity contribution >= 4 is 5.97 Å². The Morgan fingerprint density at radius 1 is 1.46 bits per heavy atom. The number of methoxy groups -OCH3 is 1. The van der Waals surface area contributed by atoms with E-state index >= 15 is 0 Å². The summed E-state index contributed by atoms with van der Waals surface area (Å²) in [6.07, 6.45) is 2.17. The minimum atomic E-state index is -0.530. The topological polar surface area (TPSA) is 75.8 Å². The predicted octanol–water partition coefficient (Wildman–Crippen LogP) is 3.12. The van der Waals surface area contributed by atoms with E-state index in [0.717, 1.165) is 36.4 Å². The van der Waals surface area contributed by atoms with E-state index < -0.39 is 5.97 Å². The summed E-state index contributed by atoms with van der Waals surface area (Å²) >= 11 is 0. The number of hydrogen-bond acceptors (Lipinski definition) is 6. The molecule has 0 bridgehead atoms. The number of likely N-dealkylation sites (tertiary alicyclic amines) is 1. The molecule has 3 rings (SSSR count). The quantitative estimate of drug-likeness (QED) is 0.868. The number of carbonyl (C=O) groups is 1. The first-order valence-corrected chi connectivity index (χ1v) is 8.08. The summed E-state index contributed by atoms with van der Waals surface area (Å²) in [5, 5.41) is 13.9. The lowest BCUT2D eigenvalue weighted by atomic mass is 10.0. The van der Waals surface area contributed by atoms with Gasteiger partial charge in [-0.25, -0.2) is 4.79 Å². The molecule has 0 aliphatic carbocycles. The lowest BCUT2D eigenvalue weighted by molar-refractivity contribution is 0.0597. The lowest BCUT2D eigenvalue weighted by Gasteiger charge is -2.24. The van der Waals surface area contributed by atoms with E-state index in [4.69, 9.17) is 9.26 Å². The summed E-state index contributed by atoms with van der Waals surface area (Å²) in [4.78, 5) is 14.1. The van der Waals surface area contributed by atoms with Gasteiger partial charge in [-0.2, -0.15) is 0 Å². The van der Waals surface area contributed by atoms with Gasteiger partial charge in [-0.3, -0.25) is 4.90 Å². The summed E-state index contributed by atoms with van der Waals surface area (Å²) in [5.41, 5.74) is 3.26. The largest absolute Gasteiger partial charge is 0.507 e. The van der Waals surface area contributed by atoms with Crippen molar-refractivity contribution in [1.29, 1.82) is 0 Å². The Labute approximate surface area is 141 Å². The molecule has 24 heavy (non-hydrogen) atoms. The fourth-order valence-electron chi connectivity index (χ4n) is 3.50. The van der Waals surface area contributed by atoms with E-state index in [-0.39, 0.29) is 17.4 Å². The average molecular weight is 330 g/mol. The first kappa shape index (κ1) is 16.5. The molecule has 1 aliphatic rings. The van der Waals surface area contributed by atoms with Crippen LogP contribution in [0.4, 0.5) is 0 Å². The number of carbonyl (C=O) groups excluding carboxylic acids is 1. The van der Waals surface area contributed by atoms with Crippen LogP contribution in [0.2, 0.25) is 0 Å². The number of phenols is 1. The Bertz CT molecular complexity index is 734. The minimum absolute atomic E-state index is 0.0608. The van der Waals surface area contributed by atoms with Gasteiger partial charge in [0.05, 0.1) is 12.8 Å². The SMILES string of the molecule is COC(=O)c1cc(CN2CCCC2c2c(C)noc2C)ccc1O. The van der Waals surface area contributed by atoms with Crippen molar-refractivity contribution in [3.8, 4) is 5.75 Å². The van der Waals surface area contributed by atoms with Crippen molar-refractivity contribution in [1.82, 2.24) is 10.1 Å². The zero-order valence-electron chi connectivity index (χ0n) is 14.2. The molecule has 6 nitrogen and oxygen atoms in total. The van der Waals surface area contributed by atoms with E-state index in [0.29, 0.717) is 6.54 Å². The van der Waals surface area contributed by atoms with Gasteiger partial charge in [0.2, 0.25) is 0 Å². The Balaban J connectivity index is 1.84. The zero-order valence-corrected chi connectivity index (χ0v) is 14.2. The molecule has 2 heterocycles. The Kier molecular flexibility index (Phi) is 4.57. The fourth-order valence-corrected chi connectivity index (χ4v) is 3.50. The molecule has 0 radical (unpaired) electrons. The number of rotatable bonds is 4. The molecular formula is C18H22N2O4. The first-order valence-electron chi connectivity index (χ1n) is 8.08. The maximum absolute atomic E-state index is 11.7. The van der Waals surface area contributed by atoms with Crippen LogP contribution in [0.3, 0.4) is 0 Å². The molecule has 1 unspecified atom stereocenters. The van der Waals surface area contributed by atoms with Crippen LogP contribution in [0.5, 0.6) is 5.75 Å². The molecule has 128 valence electrons. The number of aromatic nitrogens is 1. The Morgan fingerprint density at radius 3 is 2.92 bits per heavy atom. The third kappa shape index (κ3) is 3.01. The highest BCUT2D eigenvalue weighted by Crippen LogP contribution is 2.36. The number of esters is 1. The maximum Gasteiger partial charge on any atom is 0.341 e. The molecule has 0 saturated carbocycles. The molecule has 1 aromatic heterocycles. The van der Waals surface area contributed by atoms with Crippen LogP contribution in [0.15, 0.2) is 22.7 Å². The van der Waals surface area contributed by atoms with E-state index in [1.807, 2.05) is 19.9 Å². The average Bonchev–Trinajstić information content (AvgIpc) is 3.14. The monoisotopic (exact) mass is 330 g/mol. The molecule has 1 aromatic carbocycles. The first-order chi connectivity index (χ1) is 11.5. The van der Waals surface area contributed by atoms with E-state index in [1.54, 1.807) is 12.1 Å². The number of ether oxygens (including phenoxy) is 1. The normalized spacial score (nSPS) is 18.0. The molecule has 6 heteroatoms. The number of benzene rings is 1. The highest BCUT2D eigenvalue weighted by molar-refractivity contribution is 5.92. The van der Waals surface area contributed by atoms with Gasteiger partial charge in [0, 0.05) is 18.2 Å². The lowest BCUT2D eigenvalue weighted by Crippen LogP contribution is -2.23. The Hall–Kier alpha value is -2.34. The molecule has 1 fully saturated rings. The summed E-state index contributed by atoms with van der Waals surface area (Å²) in [5.74, 6) is 0.276. The van der Waals surface area contributed by atoms with Crippen molar-refractivity contribution in [2.75, 3.05) is 13.7 Å². The predicted molar refractivity (Wildman–Crippen MR) is 87.8 cm³/mol. The molecular weight excluding hydrogens is 308 g/mol. The third-order valence-corrected chi connectivity index (χ3v) is 4.64. The van der Waals surface area contributed by atoms with Crippen LogP contribution in [-0.4, -0.2) is 34.8 Å². The summed E-state index contributed by atoms with van der Waals surface area (Å²) in [6.45, 7) is 5.59. The summed E-state index contributed by atoms with van der Waals surface area (Å²) in [6, 6.07) is 5.35. The zero-order chi connectivity index (χ0) is 17.3. The highest BCUT2D eigenvalue weighted by Gasteiger charge is 2.30. The number of aryl methyl sites for hydroxylation is 2. The van der Waals surface area contributed by atoms with Crippen LogP contribution < -0.4 is 0 Å². The Morgan fingerprint density at radius 2 is 2.25 bits per heavy atom. The highest BCUT2D eigenvalue weighted by atomic mass is 16.5. The number of hydrogen-bond donors (Lipinski definition) is 1.